The van der Waals surface area contributed by atoms with Crippen LogP contribution in [0.25, 0.3) is 0 Å². The molecule has 0 aromatic heterocycles. The molecule has 0 unspecified atom stereocenters. The number of carboxylic acids is 1. The highest BCUT2D eigenvalue weighted by atomic mass is 16.6. The zero-order valence-electron chi connectivity index (χ0n) is 17.5. The Morgan fingerprint density at radius 3 is 1.81 bits per heavy atom. The Labute approximate surface area is 164 Å². The number of rotatable bonds is 6. The first-order valence-electron chi connectivity index (χ1n) is 10.7. The summed E-state index contributed by atoms with van der Waals surface area (Å²) in [7, 11) is 0. The van der Waals surface area contributed by atoms with Crippen LogP contribution in [0.2, 0.25) is 0 Å². The molecule has 0 aliphatic heterocycles. The van der Waals surface area contributed by atoms with Crippen molar-refractivity contribution in [1.82, 2.24) is 10.6 Å². The average molecular weight is 385 g/mol. The Hall–Kier alpha value is -1.30. The van der Waals surface area contributed by atoms with Crippen LogP contribution in [-0.4, -0.2) is 41.4 Å². The van der Waals surface area contributed by atoms with E-state index in [1.54, 1.807) is 20.8 Å². The summed E-state index contributed by atoms with van der Waals surface area (Å²) >= 11 is 0. The van der Waals surface area contributed by atoms with E-state index < -0.39 is 17.7 Å². The third-order valence-corrected chi connectivity index (χ3v) is 4.92. The number of alkyl carbamates (subject to hydrolysis) is 1. The molecule has 0 bridgehead atoms. The fourth-order valence-electron chi connectivity index (χ4n) is 3.62. The van der Waals surface area contributed by atoms with E-state index in [-0.39, 0.29) is 6.42 Å². The van der Waals surface area contributed by atoms with E-state index in [1.165, 1.54) is 64.2 Å². The first-order valence-corrected chi connectivity index (χ1v) is 10.7. The molecule has 1 amide bonds. The zero-order valence-corrected chi connectivity index (χ0v) is 17.5. The molecule has 2 aliphatic rings. The molecule has 158 valence electrons. The number of carbonyl (C=O) groups excluding carboxylic acids is 1. The number of carboxylic acid groups (broad SMARTS) is 1. The van der Waals surface area contributed by atoms with E-state index >= 15 is 0 Å². The SMILES string of the molecule is C1CCC(NC2CCCCC2)CC1.CC(C)(C)OC(=O)NCCCC(=O)O. The summed E-state index contributed by atoms with van der Waals surface area (Å²) in [5.74, 6) is -0.865. The van der Waals surface area contributed by atoms with Gasteiger partial charge in [0.25, 0.3) is 0 Å². The van der Waals surface area contributed by atoms with Gasteiger partial charge in [0.2, 0.25) is 0 Å². The fourth-order valence-corrected chi connectivity index (χ4v) is 3.62. The van der Waals surface area contributed by atoms with Crippen LogP contribution in [0.4, 0.5) is 4.79 Å². The second-order valence-corrected chi connectivity index (χ2v) is 8.76. The summed E-state index contributed by atoms with van der Waals surface area (Å²) in [4.78, 5) is 21.2. The minimum Gasteiger partial charge on any atom is -0.481 e. The number of nitrogens with one attached hydrogen (secondary N) is 2. The molecule has 2 fully saturated rings. The van der Waals surface area contributed by atoms with Gasteiger partial charge in [0, 0.05) is 25.0 Å². The predicted octanol–water partition coefficient (Wildman–Crippen LogP) is 4.62. The number of aliphatic carboxylic acids is 1. The minimum atomic E-state index is -0.865. The van der Waals surface area contributed by atoms with Gasteiger partial charge >= 0.3 is 12.1 Å². The van der Waals surface area contributed by atoms with Crippen molar-refractivity contribution in [3.63, 3.8) is 0 Å². The largest absolute Gasteiger partial charge is 0.481 e. The van der Waals surface area contributed by atoms with E-state index in [2.05, 4.69) is 10.6 Å². The van der Waals surface area contributed by atoms with E-state index in [0.29, 0.717) is 13.0 Å². The van der Waals surface area contributed by atoms with Crippen molar-refractivity contribution in [3.05, 3.63) is 0 Å². The quantitative estimate of drug-likeness (QED) is 0.582. The monoisotopic (exact) mass is 384 g/mol. The number of amides is 1. The van der Waals surface area contributed by atoms with Gasteiger partial charge in [0.05, 0.1) is 0 Å². The standard InChI is InChI=1S/C12H23N.C9H17NO4/c1-3-7-11(8-4-1)13-12-9-5-2-6-10-12;1-9(2,3)14-8(13)10-6-4-5-7(11)12/h11-13H,1-10H2;4-6H2,1-3H3,(H,10,13)(H,11,12). The summed E-state index contributed by atoms with van der Waals surface area (Å²) in [6.07, 6.45) is 14.5. The van der Waals surface area contributed by atoms with Crippen LogP contribution >= 0.6 is 0 Å². The van der Waals surface area contributed by atoms with E-state index in [4.69, 9.17) is 9.84 Å². The summed E-state index contributed by atoms with van der Waals surface area (Å²) in [5.41, 5.74) is -0.517. The summed E-state index contributed by atoms with van der Waals surface area (Å²) in [5, 5.41) is 14.6. The molecule has 0 heterocycles. The highest BCUT2D eigenvalue weighted by Gasteiger charge is 2.19. The Morgan fingerprint density at radius 2 is 1.41 bits per heavy atom. The van der Waals surface area contributed by atoms with Gasteiger partial charge in [-0.3, -0.25) is 4.79 Å². The molecular weight excluding hydrogens is 344 g/mol. The van der Waals surface area contributed by atoms with Gasteiger partial charge in [0.15, 0.2) is 0 Å². The molecule has 0 radical (unpaired) electrons. The van der Waals surface area contributed by atoms with Gasteiger partial charge in [-0.25, -0.2) is 4.79 Å². The van der Waals surface area contributed by atoms with Gasteiger partial charge in [0.1, 0.15) is 5.60 Å². The maximum Gasteiger partial charge on any atom is 0.407 e. The lowest BCUT2D eigenvalue weighted by atomic mass is 9.91. The van der Waals surface area contributed by atoms with E-state index in [1.807, 2.05) is 0 Å². The maximum atomic E-state index is 11.0. The van der Waals surface area contributed by atoms with Crippen molar-refractivity contribution >= 4 is 12.1 Å². The van der Waals surface area contributed by atoms with Crippen LogP contribution in [0, 0.1) is 0 Å². The molecule has 6 nitrogen and oxygen atoms in total. The number of hydrogen-bond acceptors (Lipinski definition) is 4. The molecule has 0 aromatic rings. The first-order chi connectivity index (χ1) is 12.8. The number of hydrogen-bond donors (Lipinski definition) is 3. The minimum absolute atomic E-state index is 0.0514. The van der Waals surface area contributed by atoms with Crippen LogP contribution in [-0.2, 0) is 9.53 Å². The second kappa shape index (κ2) is 13.0. The summed E-state index contributed by atoms with van der Waals surface area (Å²) in [6, 6.07) is 1.74. The molecular formula is C21H40N2O4. The maximum absolute atomic E-state index is 11.0. The molecule has 6 heteroatoms. The zero-order chi connectivity index (χ0) is 20.1. The lowest BCUT2D eigenvalue weighted by Gasteiger charge is -2.30. The summed E-state index contributed by atoms with van der Waals surface area (Å²) in [6.45, 7) is 5.62. The Balaban J connectivity index is 0.000000270. The Morgan fingerprint density at radius 1 is 0.926 bits per heavy atom. The van der Waals surface area contributed by atoms with Crippen LogP contribution in [0.15, 0.2) is 0 Å². The molecule has 0 aromatic carbocycles. The van der Waals surface area contributed by atoms with Crippen molar-refractivity contribution in [3.8, 4) is 0 Å². The average Bonchev–Trinajstić information content (AvgIpc) is 2.59. The fraction of sp³-hybridized carbons (Fsp3) is 0.905. The smallest absolute Gasteiger partial charge is 0.407 e. The lowest BCUT2D eigenvalue weighted by Crippen LogP contribution is -2.40. The molecule has 0 atom stereocenters. The van der Waals surface area contributed by atoms with Gasteiger partial charge < -0.3 is 20.5 Å². The van der Waals surface area contributed by atoms with Gasteiger partial charge in [-0.1, -0.05) is 38.5 Å². The van der Waals surface area contributed by atoms with E-state index in [9.17, 15) is 9.59 Å². The molecule has 0 saturated heterocycles. The Kier molecular flexibility index (Phi) is 11.4. The third kappa shape index (κ3) is 13.5. The Bertz CT molecular complexity index is 406. The van der Waals surface area contributed by atoms with Crippen LogP contribution in [0.5, 0.6) is 0 Å². The predicted molar refractivity (Wildman–Crippen MR) is 108 cm³/mol. The molecule has 27 heavy (non-hydrogen) atoms. The number of ether oxygens (including phenoxy) is 1. The topological polar surface area (TPSA) is 87.7 Å². The highest BCUT2D eigenvalue weighted by Crippen LogP contribution is 2.22. The highest BCUT2D eigenvalue weighted by molar-refractivity contribution is 5.68. The van der Waals surface area contributed by atoms with Crippen LogP contribution < -0.4 is 10.6 Å². The molecule has 0 spiro atoms. The molecule has 2 rings (SSSR count). The number of carbonyl (C=O) groups is 2. The van der Waals surface area contributed by atoms with Crippen LogP contribution in [0.3, 0.4) is 0 Å². The van der Waals surface area contributed by atoms with Gasteiger partial charge in [-0.05, 0) is 52.9 Å². The van der Waals surface area contributed by atoms with Gasteiger partial charge in [-0.2, -0.15) is 0 Å². The molecule has 2 saturated carbocycles. The van der Waals surface area contributed by atoms with Crippen molar-refractivity contribution in [2.75, 3.05) is 6.54 Å². The van der Waals surface area contributed by atoms with Crippen molar-refractivity contribution in [2.45, 2.75) is 116 Å². The van der Waals surface area contributed by atoms with E-state index in [0.717, 1.165) is 12.1 Å². The van der Waals surface area contributed by atoms with Crippen molar-refractivity contribution in [2.24, 2.45) is 0 Å². The summed E-state index contributed by atoms with van der Waals surface area (Å²) < 4.78 is 4.95. The lowest BCUT2D eigenvalue weighted by molar-refractivity contribution is -0.137. The van der Waals surface area contributed by atoms with Crippen molar-refractivity contribution < 1.29 is 19.4 Å². The normalized spacial score (nSPS) is 18.9. The first kappa shape index (κ1) is 23.7. The second-order valence-electron chi connectivity index (χ2n) is 8.76. The van der Waals surface area contributed by atoms with Crippen molar-refractivity contribution in [1.29, 1.82) is 0 Å². The molecule has 3 N–H and O–H groups in total. The third-order valence-electron chi connectivity index (χ3n) is 4.92. The van der Waals surface area contributed by atoms with Crippen LogP contribution in [0.1, 0.15) is 97.8 Å². The van der Waals surface area contributed by atoms with Gasteiger partial charge in [-0.15, -0.1) is 0 Å². The molecule has 2 aliphatic carbocycles.